The SMILES string of the molecule is O=S(=O)(c1ccccc1S)N1CCN(c2ncc(C(O)(C(F)(F)F)C(F)(F)F)cn2)[C@@H](CC2CCOCC2)C1. The Morgan fingerprint density at radius 2 is 1.59 bits per heavy atom. The van der Waals surface area contributed by atoms with Crippen LogP contribution >= 0.6 is 12.6 Å². The number of rotatable bonds is 6. The van der Waals surface area contributed by atoms with Crippen LogP contribution in [0.1, 0.15) is 24.8 Å². The van der Waals surface area contributed by atoms with Gasteiger partial charge < -0.3 is 14.7 Å². The van der Waals surface area contributed by atoms with Gasteiger partial charge in [0.2, 0.25) is 16.0 Å². The van der Waals surface area contributed by atoms with Gasteiger partial charge in [-0.05, 0) is 37.3 Å². The zero-order valence-electron chi connectivity index (χ0n) is 20.4. The highest BCUT2D eigenvalue weighted by molar-refractivity contribution is 7.90. The van der Waals surface area contributed by atoms with Crippen molar-refractivity contribution in [1.82, 2.24) is 14.3 Å². The van der Waals surface area contributed by atoms with Crippen LogP contribution in [0, 0.1) is 5.92 Å². The Kier molecular flexibility index (Phi) is 8.44. The first-order chi connectivity index (χ1) is 18.2. The molecule has 0 spiro atoms. The number of piperazine rings is 1. The van der Waals surface area contributed by atoms with Gasteiger partial charge in [0.15, 0.2) is 0 Å². The molecule has 2 fully saturated rings. The number of aliphatic hydroxyl groups is 1. The summed E-state index contributed by atoms with van der Waals surface area (Å²) in [6.07, 6.45) is -9.64. The van der Waals surface area contributed by atoms with Crippen LogP contribution in [0.15, 0.2) is 46.5 Å². The van der Waals surface area contributed by atoms with Crippen LogP contribution in [0.2, 0.25) is 0 Å². The molecule has 0 aliphatic carbocycles. The van der Waals surface area contributed by atoms with Crippen molar-refractivity contribution in [2.45, 2.75) is 53.0 Å². The molecule has 1 atom stereocenters. The summed E-state index contributed by atoms with van der Waals surface area (Å²) >= 11 is 4.26. The molecule has 216 valence electrons. The van der Waals surface area contributed by atoms with Crippen molar-refractivity contribution < 1.29 is 44.6 Å². The van der Waals surface area contributed by atoms with Crippen molar-refractivity contribution >= 4 is 28.6 Å². The van der Waals surface area contributed by atoms with E-state index in [-0.39, 0.29) is 41.3 Å². The molecular formula is C23H26F6N4O4S2. The average molecular weight is 601 g/mol. The molecule has 2 aliphatic heterocycles. The molecule has 0 saturated carbocycles. The van der Waals surface area contributed by atoms with Crippen molar-refractivity contribution in [2.75, 3.05) is 37.7 Å². The van der Waals surface area contributed by atoms with Crippen LogP contribution in [0.5, 0.6) is 0 Å². The number of thiol groups is 1. The molecule has 2 aromatic rings. The van der Waals surface area contributed by atoms with E-state index >= 15 is 0 Å². The Balaban J connectivity index is 1.64. The third-order valence-corrected chi connectivity index (χ3v) is 9.47. The fraction of sp³-hybridized carbons (Fsp3) is 0.565. The Morgan fingerprint density at radius 1 is 1.00 bits per heavy atom. The van der Waals surface area contributed by atoms with Gasteiger partial charge in [0.05, 0.1) is 4.90 Å². The number of alkyl halides is 6. The number of hydrogen-bond acceptors (Lipinski definition) is 8. The van der Waals surface area contributed by atoms with Crippen LogP contribution in [0.25, 0.3) is 0 Å². The minimum atomic E-state index is -6.06. The summed E-state index contributed by atoms with van der Waals surface area (Å²) in [6, 6.07) is 5.67. The molecule has 2 saturated heterocycles. The summed E-state index contributed by atoms with van der Waals surface area (Å²) in [5, 5.41) is 9.65. The van der Waals surface area contributed by atoms with Crippen LogP contribution in [-0.2, 0) is 20.4 Å². The molecule has 3 heterocycles. The van der Waals surface area contributed by atoms with E-state index in [0.717, 1.165) is 0 Å². The van der Waals surface area contributed by atoms with Crippen LogP contribution < -0.4 is 4.90 Å². The second-order valence-electron chi connectivity index (χ2n) is 9.45. The van der Waals surface area contributed by atoms with Crippen molar-refractivity contribution in [3.05, 3.63) is 42.2 Å². The first kappa shape index (κ1) is 29.8. The lowest BCUT2D eigenvalue weighted by molar-refractivity contribution is -0.376. The van der Waals surface area contributed by atoms with E-state index in [0.29, 0.717) is 44.9 Å². The monoisotopic (exact) mass is 600 g/mol. The number of anilines is 1. The highest BCUT2D eigenvalue weighted by Crippen LogP contribution is 2.49. The van der Waals surface area contributed by atoms with Crippen molar-refractivity contribution in [1.29, 1.82) is 0 Å². The fourth-order valence-corrected chi connectivity index (χ4v) is 6.89. The number of halogens is 6. The molecule has 1 aromatic carbocycles. The maximum atomic E-state index is 13.4. The second-order valence-corrected chi connectivity index (χ2v) is 11.8. The largest absolute Gasteiger partial charge is 0.430 e. The van der Waals surface area contributed by atoms with E-state index in [4.69, 9.17) is 4.74 Å². The lowest BCUT2D eigenvalue weighted by atomic mass is 9.91. The van der Waals surface area contributed by atoms with Crippen molar-refractivity contribution in [3.8, 4) is 0 Å². The van der Waals surface area contributed by atoms with Gasteiger partial charge in [-0.25, -0.2) is 18.4 Å². The van der Waals surface area contributed by atoms with Crippen LogP contribution in [-0.4, -0.2) is 79.0 Å². The van der Waals surface area contributed by atoms with E-state index in [2.05, 4.69) is 22.6 Å². The lowest BCUT2D eigenvalue weighted by Gasteiger charge is -2.42. The van der Waals surface area contributed by atoms with Crippen molar-refractivity contribution in [3.63, 3.8) is 0 Å². The zero-order valence-corrected chi connectivity index (χ0v) is 22.1. The second kappa shape index (κ2) is 11.0. The zero-order chi connectivity index (χ0) is 28.6. The third kappa shape index (κ3) is 5.85. The number of ether oxygens (including phenoxy) is 1. The molecule has 16 heteroatoms. The maximum absolute atomic E-state index is 13.4. The highest BCUT2D eigenvalue weighted by Gasteiger charge is 2.71. The molecule has 0 unspecified atom stereocenters. The predicted molar refractivity (Wildman–Crippen MR) is 130 cm³/mol. The molecule has 1 aromatic heterocycles. The molecule has 0 amide bonds. The van der Waals surface area contributed by atoms with Gasteiger partial charge >= 0.3 is 12.4 Å². The first-order valence-electron chi connectivity index (χ1n) is 12.0. The number of nitrogens with zero attached hydrogens (tertiary/aromatic N) is 4. The summed E-state index contributed by atoms with van der Waals surface area (Å²) in [4.78, 5) is 9.36. The smallest absolute Gasteiger partial charge is 0.381 e. The van der Waals surface area contributed by atoms with Gasteiger partial charge in [-0.1, -0.05) is 12.1 Å². The Hall–Kier alpha value is -2.14. The van der Waals surface area contributed by atoms with Gasteiger partial charge in [0.1, 0.15) is 0 Å². The Labute approximate surface area is 226 Å². The lowest BCUT2D eigenvalue weighted by Crippen LogP contribution is -2.56. The van der Waals surface area contributed by atoms with Crippen LogP contribution in [0.3, 0.4) is 0 Å². The number of aromatic nitrogens is 2. The number of benzene rings is 1. The maximum Gasteiger partial charge on any atom is 0.430 e. The molecule has 8 nitrogen and oxygen atoms in total. The van der Waals surface area contributed by atoms with E-state index in [1.807, 2.05) is 0 Å². The fourth-order valence-electron chi connectivity index (χ4n) is 4.84. The summed E-state index contributed by atoms with van der Waals surface area (Å²) in [6.45, 7) is 1.02. The molecule has 2 aliphatic rings. The summed E-state index contributed by atoms with van der Waals surface area (Å²) < 4.78 is 113. The highest BCUT2D eigenvalue weighted by atomic mass is 32.2. The predicted octanol–water partition coefficient (Wildman–Crippen LogP) is 3.77. The average Bonchev–Trinajstić information content (AvgIpc) is 2.88. The molecule has 0 bridgehead atoms. The number of sulfonamides is 1. The van der Waals surface area contributed by atoms with Gasteiger partial charge in [-0.15, -0.1) is 12.6 Å². The topological polar surface area (TPSA) is 95.9 Å². The first-order valence-corrected chi connectivity index (χ1v) is 13.9. The minimum Gasteiger partial charge on any atom is -0.381 e. The van der Waals surface area contributed by atoms with E-state index < -0.39 is 39.6 Å². The quantitative estimate of drug-likeness (QED) is 0.385. The van der Waals surface area contributed by atoms with E-state index in [1.165, 1.54) is 10.4 Å². The van der Waals surface area contributed by atoms with Crippen LogP contribution in [0.4, 0.5) is 32.3 Å². The Morgan fingerprint density at radius 3 is 2.15 bits per heavy atom. The Bertz CT molecular complexity index is 1240. The summed E-state index contributed by atoms with van der Waals surface area (Å²) in [5.41, 5.74) is -6.72. The number of hydrogen-bond donors (Lipinski definition) is 2. The molecule has 0 radical (unpaired) electrons. The summed E-state index contributed by atoms with van der Waals surface area (Å²) in [7, 11) is -3.95. The van der Waals surface area contributed by atoms with Crippen molar-refractivity contribution in [2.24, 2.45) is 5.92 Å². The molecule has 39 heavy (non-hydrogen) atoms. The third-order valence-electron chi connectivity index (χ3n) is 7.01. The molecular weight excluding hydrogens is 574 g/mol. The van der Waals surface area contributed by atoms with Gasteiger partial charge in [-0.2, -0.15) is 30.6 Å². The molecule has 4 rings (SSSR count). The molecule has 1 N–H and O–H groups in total. The normalized spacial score (nSPS) is 20.8. The standard InChI is InChI=1S/C23H26F6N4O4S2/c24-22(25,26)21(34,23(27,28)29)16-12-30-20(31-13-16)33-8-7-32(14-17(33)11-15-5-9-37-10-6-15)39(35,36)19-4-2-1-3-18(19)38/h1-4,12-13,15,17,34,38H,5-11,14H2/t17-/m0/s1. The minimum absolute atomic E-state index is 0.0120. The van der Waals surface area contributed by atoms with Gasteiger partial charge in [0.25, 0.3) is 5.60 Å². The van der Waals surface area contributed by atoms with E-state index in [9.17, 15) is 39.9 Å². The van der Waals surface area contributed by atoms with E-state index in [1.54, 1.807) is 23.1 Å². The van der Waals surface area contributed by atoms with Gasteiger partial charge in [0, 0.05) is 61.7 Å². The van der Waals surface area contributed by atoms with Gasteiger partial charge in [-0.3, -0.25) is 0 Å². The summed E-state index contributed by atoms with van der Waals surface area (Å²) in [5.74, 6) is -0.0277.